The highest BCUT2D eigenvalue weighted by molar-refractivity contribution is 6.19. The SMILES string of the molecule is c1cc(-c2nc(-c3ccncc3)nc(-c3ccncc3)n2)cc(-n2c3ccccc3c3c4occc4ccc32)c1. The Kier molecular flexibility index (Phi) is 4.99. The Bertz CT molecular complexity index is 2110. The fraction of sp³-hybridized carbons (Fsp3) is 0. The number of furan rings is 1. The van der Waals surface area contributed by atoms with Crippen LogP contribution in [0.2, 0.25) is 0 Å². The number of fused-ring (bicyclic) bond motifs is 5. The lowest BCUT2D eigenvalue weighted by atomic mass is 10.1. The second-order valence-corrected chi connectivity index (χ2v) is 9.48. The quantitative estimate of drug-likeness (QED) is 0.241. The molecule has 0 N–H and O–H groups in total. The number of para-hydroxylation sites is 1. The third kappa shape index (κ3) is 3.56. The average molecular weight is 517 g/mol. The van der Waals surface area contributed by atoms with Crippen LogP contribution in [0.3, 0.4) is 0 Å². The predicted molar refractivity (Wildman–Crippen MR) is 156 cm³/mol. The maximum atomic E-state index is 5.94. The molecular formula is C33H20N6O. The number of pyridine rings is 2. The van der Waals surface area contributed by atoms with Crippen LogP contribution in [-0.2, 0) is 0 Å². The van der Waals surface area contributed by atoms with Crippen molar-refractivity contribution in [2.75, 3.05) is 0 Å². The molecule has 0 fully saturated rings. The van der Waals surface area contributed by atoms with Gasteiger partial charge in [-0.15, -0.1) is 0 Å². The fourth-order valence-corrected chi connectivity index (χ4v) is 5.31. The third-order valence-electron chi connectivity index (χ3n) is 7.13. The first-order chi connectivity index (χ1) is 19.8. The average Bonchev–Trinajstić information content (AvgIpc) is 3.64. The largest absolute Gasteiger partial charge is 0.464 e. The molecule has 7 nitrogen and oxygen atoms in total. The number of benzene rings is 3. The number of nitrogens with zero attached hydrogens (tertiary/aromatic N) is 6. The minimum Gasteiger partial charge on any atom is -0.464 e. The zero-order chi connectivity index (χ0) is 26.5. The van der Waals surface area contributed by atoms with Crippen LogP contribution in [0.4, 0.5) is 0 Å². The summed E-state index contributed by atoms with van der Waals surface area (Å²) in [5.41, 5.74) is 6.70. The van der Waals surface area contributed by atoms with Gasteiger partial charge < -0.3 is 8.98 Å². The van der Waals surface area contributed by atoms with Crippen LogP contribution in [-0.4, -0.2) is 29.5 Å². The van der Waals surface area contributed by atoms with Gasteiger partial charge in [-0.3, -0.25) is 9.97 Å². The molecule has 40 heavy (non-hydrogen) atoms. The summed E-state index contributed by atoms with van der Waals surface area (Å²) < 4.78 is 8.21. The molecule has 3 aromatic carbocycles. The van der Waals surface area contributed by atoms with Crippen molar-refractivity contribution < 1.29 is 4.42 Å². The molecule has 0 aliphatic carbocycles. The number of hydrogen-bond donors (Lipinski definition) is 0. The number of aromatic nitrogens is 6. The van der Waals surface area contributed by atoms with Gasteiger partial charge in [0.05, 0.1) is 22.7 Å². The molecule has 0 aliphatic heterocycles. The molecule has 0 unspecified atom stereocenters. The van der Waals surface area contributed by atoms with Crippen LogP contribution in [0.15, 0.2) is 126 Å². The Morgan fingerprint density at radius 2 is 1.23 bits per heavy atom. The van der Waals surface area contributed by atoms with Gasteiger partial charge in [-0.2, -0.15) is 0 Å². The molecule has 0 aliphatic rings. The van der Waals surface area contributed by atoms with E-state index < -0.39 is 0 Å². The summed E-state index contributed by atoms with van der Waals surface area (Å²) in [5, 5.41) is 3.33. The Hall–Kier alpha value is -5.69. The third-order valence-corrected chi connectivity index (χ3v) is 7.13. The van der Waals surface area contributed by atoms with Gasteiger partial charge in [-0.1, -0.05) is 30.3 Å². The first-order valence-electron chi connectivity index (χ1n) is 12.9. The molecule has 5 aromatic heterocycles. The molecule has 0 bridgehead atoms. The maximum absolute atomic E-state index is 5.94. The van der Waals surface area contributed by atoms with Crippen LogP contribution < -0.4 is 0 Å². The van der Waals surface area contributed by atoms with Crippen LogP contribution in [0, 0.1) is 0 Å². The van der Waals surface area contributed by atoms with Crippen LogP contribution in [0.5, 0.6) is 0 Å². The lowest BCUT2D eigenvalue weighted by Gasteiger charge is -2.11. The first kappa shape index (κ1) is 22.3. The second-order valence-electron chi connectivity index (χ2n) is 9.48. The molecule has 0 saturated carbocycles. The Morgan fingerprint density at radius 1 is 0.550 bits per heavy atom. The molecule has 7 heteroatoms. The van der Waals surface area contributed by atoms with Gasteiger partial charge >= 0.3 is 0 Å². The summed E-state index contributed by atoms with van der Waals surface area (Å²) in [7, 11) is 0. The van der Waals surface area contributed by atoms with E-state index in [-0.39, 0.29) is 0 Å². The molecule has 0 radical (unpaired) electrons. The van der Waals surface area contributed by atoms with Crippen molar-refractivity contribution >= 4 is 32.8 Å². The molecular weight excluding hydrogens is 496 g/mol. The summed E-state index contributed by atoms with van der Waals surface area (Å²) in [5.74, 6) is 1.76. The van der Waals surface area contributed by atoms with E-state index in [9.17, 15) is 0 Å². The van der Waals surface area contributed by atoms with E-state index in [1.54, 1.807) is 31.1 Å². The van der Waals surface area contributed by atoms with E-state index in [4.69, 9.17) is 19.4 Å². The Labute approximate surface area is 228 Å². The monoisotopic (exact) mass is 516 g/mol. The lowest BCUT2D eigenvalue weighted by Crippen LogP contribution is -2.01. The van der Waals surface area contributed by atoms with Gasteiger partial charge in [0.1, 0.15) is 5.58 Å². The molecule has 8 rings (SSSR count). The smallest absolute Gasteiger partial charge is 0.164 e. The van der Waals surface area contributed by atoms with Gasteiger partial charge in [-0.25, -0.2) is 15.0 Å². The highest BCUT2D eigenvalue weighted by Crippen LogP contribution is 2.37. The number of rotatable bonds is 4. The van der Waals surface area contributed by atoms with Crippen molar-refractivity contribution in [2.45, 2.75) is 0 Å². The zero-order valence-corrected chi connectivity index (χ0v) is 21.1. The van der Waals surface area contributed by atoms with Crippen LogP contribution in [0.25, 0.3) is 72.6 Å². The number of hydrogen-bond acceptors (Lipinski definition) is 6. The lowest BCUT2D eigenvalue weighted by molar-refractivity contribution is 0.619. The summed E-state index contributed by atoms with van der Waals surface area (Å²) in [6, 6.07) is 30.6. The molecule has 0 atom stereocenters. The van der Waals surface area contributed by atoms with Gasteiger partial charge in [0.25, 0.3) is 0 Å². The zero-order valence-electron chi connectivity index (χ0n) is 21.1. The van der Waals surface area contributed by atoms with Crippen molar-refractivity contribution in [3.05, 3.63) is 122 Å². The predicted octanol–water partition coefficient (Wildman–Crippen LogP) is 7.51. The van der Waals surface area contributed by atoms with Crippen LogP contribution >= 0.6 is 0 Å². The van der Waals surface area contributed by atoms with Gasteiger partial charge in [0.2, 0.25) is 0 Å². The van der Waals surface area contributed by atoms with E-state index in [1.807, 2.05) is 42.5 Å². The highest BCUT2D eigenvalue weighted by atomic mass is 16.3. The topological polar surface area (TPSA) is 82.5 Å². The van der Waals surface area contributed by atoms with E-state index in [2.05, 4.69) is 63.1 Å². The molecule has 0 spiro atoms. The molecule has 0 amide bonds. The van der Waals surface area contributed by atoms with E-state index in [1.165, 1.54) is 0 Å². The van der Waals surface area contributed by atoms with E-state index in [0.29, 0.717) is 17.5 Å². The minimum atomic E-state index is 0.585. The van der Waals surface area contributed by atoms with E-state index in [0.717, 1.165) is 55.2 Å². The standard InChI is InChI=1S/C33H20N6O/c1-2-7-27-26(6-1)29-28(9-8-21-14-19-40-30(21)29)39(27)25-5-3-4-24(20-25)33-37-31(22-10-15-34-16-11-22)36-32(38-33)23-12-17-35-18-13-23/h1-20H. The molecule has 8 aromatic rings. The molecule has 188 valence electrons. The molecule has 0 saturated heterocycles. The maximum Gasteiger partial charge on any atom is 0.164 e. The van der Waals surface area contributed by atoms with Gasteiger partial charge in [0.15, 0.2) is 17.5 Å². The summed E-state index contributed by atoms with van der Waals surface area (Å²) >= 11 is 0. The highest BCUT2D eigenvalue weighted by Gasteiger charge is 2.17. The van der Waals surface area contributed by atoms with Crippen molar-refractivity contribution in [1.82, 2.24) is 29.5 Å². The normalized spacial score (nSPS) is 11.5. The summed E-state index contributed by atoms with van der Waals surface area (Å²) in [6.45, 7) is 0. The van der Waals surface area contributed by atoms with Gasteiger partial charge in [-0.05, 0) is 60.7 Å². The van der Waals surface area contributed by atoms with Crippen molar-refractivity contribution in [1.29, 1.82) is 0 Å². The van der Waals surface area contributed by atoms with Crippen molar-refractivity contribution in [3.63, 3.8) is 0 Å². The molecule has 5 heterocycles. The summed E-state index contributed by atoms with van der Waals surface area (Å²) in [4.78, 5) is 22.9. The van der Waals surface area contributed by atoms with E-state index >= 15 is 0 Å². The van der Waals surface area contributed by atoms with Crippen molar-refractivity contribution in [2.24, 2.45) is 0 Å². The Balaban J connectivity index is 1.35. The second kappa shape index (κ2) is 8.96. The fourth-order valence-electron chi connectivity index (χ4n) is 5.31. The van der Waals surface area contributed by atoms with Crippen molar-refractivity contribution in [3.8, 4) is 39.9 Å². The van der Waals surface area contributed by atoms with Crippen LogP contribution in [0.1, 0.15) is 0 Å². The first-order valence-corrected chi connectivity index (χ1v) is 12.9. The minimum absolute atomic E-state index is 0.585. The summed E-state index contributed by atoms with van der Waals surface area (Å²) in [6.07, 6.45) is 8.71. The van der Waals surface area contributed by atoms with Gasteiger partial charge in [0, 0.05) is 57.9 Å². The Morgan fingerprint density at radius 3 is 1.95 bits per heavy atom.